The Labute approximate surface area is 178 Å². The summed E-state index contributed by atoms with van der Waals surface area (Å²) in [5.74, 6) is 0.139. The van der Waals surface area contributed by atoms with Crippen LogP contribution >= 0.6 is 23.2 Å². The molecule has 2 N–H and O–H groups in total. The van der Waals surface area contributed by atoms with Gasteiger partial charge in [0.15, 0.2) is 0 Å². The molecule has 6 nitrogen and oxygen atoms in total. The summed E-state index contributed by atoms with van der Waals surface area (Å²) >= 11 is 12.8. The number of hydrogen-bond acceptors (Lipinski definition) is 4. The maximum absolute atomic E-state index is 13.2. The molecule has 2 heterocycles. The number of pyridine rings is 1. The number of fused-ring (bicyclic) bond motifs is 1. The van der Waals surface area contributed by atoms with Crippen LogP contribution in [0.25, 0.3) is 10.9 Å². The van der Waals surface area contributed by atoms with Crippen LogP contribution in [0.4, 0.5) is 5.82 Å². The van der Waals surface area contributed by atoms with Gasteiger partial charge in [-0.15, -0.1) is 0 Å². The number of aromatic nitrogens is 2. The maximum Gasteiger partial charge on any atom is 0.265 e. The van der Waals surface area contributed by atoms with Crippen LogP contribution in [0.5, 0.6) is 0 Å². The Hall–Kier alpha value is -2.41. The monoisotopic (exact) mass is 430 g/mol. The first-order valence-corrected chi connectivity index (χ1v) is 10.3. The molecule has 0 atom stereocenters. The largest absolute Gasteiger partial charge is 0.313 e. The van der Waals surface area contributed by atoms with Gasteiger partial charge in [0, 0.05) is 30.2 Å². The first-order chi connectivity index (χ1) is 14.0. The Morgan fingerprint density at radius 3 is 2.59 bits per heavy atom. The van der Waals surface area contributed by atoms with Gasteiger partial charge in [0.25, 0.3) is 5.91 Å². The summed E-state index contributed by atoms with van der Waals surface area (Å²) in [7, 11) is 0. The molecule has 0 aliphatic heterocycles. The van der Waals surface area contributed by atoms with E-state index in [9.17, 15) is 9.59 Å². The fraction of sp³-hybridized carbons (Fsp3) is 0.286. The Morgan fingerprint density at radius 1 is 1.21 bits per heavy atom. The van der Waals surface area contributed by atoms with Gasteiger partial charge in [-0.2, -0.15) is 0 Å². The number of anilines is 1. The number of benzene rings is 1. The second-order valence-electron chi connectivity index (χ2n) is 7.06. The SMILES string of the molecule is CCNCc1cc(Cl)c(C(=O)n2ccc3c(NC(=O)C4CC4)nccc32)c(Cl)c1. The fourth-order valence-corrected chi connectivity index (χ4v) is 3.92. The number of hydrogen-bond donors (Lipinski definition) is 2. The number of nitrogens with zero attached hydrogens (tertiary/aromatic N) is 2. The highest BCUT2D eigenvalue weighted by molar-refractivity contribution is 6.40. The summed E-state index contributed by atoms with van der Waals surface area (Å²) in [5.41, 5.74) is 1.77. The van der Waals surface area contributed by atoms with Gasteiger partial charge in [-0.3, -0.25) is 14.2 Å². The second kappa shape index (κ2) is 8.14. The molecule has 1 aliphatic carbocycles. The minimum Gasteiger partial charge on any atom is -0.313 e. The van der Waals surface area contributed by atoms with Crippen molar-refractivity contribution in [1.29, 1.82) is 0 Å². The van der Waals surface area contributed by atoms with Crippen molar-refractivity contribution in [2.45, 2.75) is 26.3 Å². The Morgan fingerprint density at radius 2 is 1.93 bits per heavy atom. The van der Waals surface area contributed by atoms with Crippen molar-refractivity contribution in [2.75, 3.05) is 11.9 Å². The fourth-order valence-electron chi connectivity index (χ4n) is 3.23. The lowest BCUT2D eigenvalue weighted by Gasteiger charge is -2.11. The van der Waals surface area contributed by atoms with Crippen LogP contribution in [0, 0.1) is 5.92 Å². The van der Waals surface area contributed by atoms with E-state index >= 15 is 0 Å². The molecule has 29 heavy (non-hydrogen) atoms. The molecule has 3 aromatic rings. The predicted molar refractivity (Wildman–Crippen MR) is 115 cm³/mol. The van der Waals surface area contributed by atoms with Crippen LogP contribution in [0.3, 0.4) is 0 Å². The first-order valence-electron chi connectivity index (χ1n) is 9.50. The van der Waals surface area contributed by atoms with Crippen LogP contribution in [0.1, 0.15) is 35.7 Å². The van der Waals surface area contributed by atoms with Crippen molar-refractivity contribution in [2.24, 2.45) is 5.92 Å². The van der Waals surface area contributed by atoms with Crippen LogP contribution < -0.4 is 10.6 Å². The van der Waals surface area contributed by atoms with Crippen molar-refractivity contribution in [3.05, 3.63) is 57.8 Å². The third-order valence-electron chi connectivity index (χ3n) is 4.92. The normalized spacial score (nSPS) is 13.6. The second-order valence-corrected chi connectivity index (χ2v) is 7.88. The van der Waals surface area contributed by atoms with Crippen LogP contribution in [0.15, 0.2) is 36.7 Å². The van der Waals surface area contributed by atoms with E-state index in [0.29, 0.717) is 33.3 Å². The molecule has 4 rings (SSSR count). The Bertz CT molecular complexity index is 1080. The summed E-state index contributed by atoms with van der Waals surface area (Å²) in [4.78, 5) is 29.6. The van der Waals surface area contributed by atoms with Crippen LogP contribution in [0.2, 0.25) is 10.0 Å². The molecule has 8 heteroatoms. The van der Waals surface area contributed by atoms with E-state index in [1.165, 1.54) is 4.57 Å². The lowest BCUT2D eigenvalue weighted by atomic mass is 10.1. The lowest BCUT2D eigenvalue weighted by Crippen LogP contribution is -2.15. The molecule has 0 spiro atoms. The minimum absolute atomic E-state index is 0.0357. The van der Waals surface area contributed by atoms with Gasteiger partial charge in [0.1, 0.15) is 5.82 Å². The van der Waals surface area contributed by atoms with Crippen LogP contribution in [-0.4, -0.2) is 27.9 Å². The van der Waals surface area contributed by atoms with Crippen molar-refractivity contribution in [1.82, 2.24) is 14.9 Å². The number of carbonyl (C=O) groups is 2. The van der Waals surface area contributed by atoms with E-state index in [2.05, 4.69) is 15.6 Å². The molecule has 1 aliphatic rings. The molecule has 150 valence electrons. The van der Waals surface area contributed by atoms with E-state index in [-0.39, 0.29) is 23.3 Å². The smallest absolute Gasteiger partial charge is 0.265 e. The highest BCUT2D eigenvalue weighted by Crippen LogP contribution is 2.32. The van der Waals surface area contributed by atoms with Crippen molar-refractivity contribution in [3.63, 3.8) is 0 Å². The van der Waals surface area contributed by atoms with Gasteiger partial charge in [0.05, 0.1) is 21.1 Å². The van der Waals surface area contributed by atoms with Gasteiger partial charge >= 0.3 is 0 Å². The van der Waals surface area contributed by atoms with Gasteiger partial charge in [-0.1, -0.05) is 30.1 Å². The van der Waals surface area contributed by atoms with Crippen molar-refractivity contribution < 1.29 is 9.59 Å². The average Bonchev–Trinajstić information content (AvgIpc) is 3.45. The van der Waals surface area contributed by atoms with Crippen LogP contribution in [-0.2, 0) is 11.3 Å². The molecular formula is C21H20Cl2N4O2. The molecule has 1 aromatic carbocycles. The summed E-state index contributed by atoms with van der Waals surface area (Å²) < 4.78 is 1.47. The molecule has 0 radical (unpaired) electrons. The maximum atomic E-state index is 13.2. The summed E-state index contributed by atoms with van der Waals surface area (Å²) in [5, 5.41) is 7.34. The standard InChI is InChI=1S/C21H20Cl2N4O2/c1-2-24-11-12-9-15(22)18(16(23)10-12)21(29)27-8-6-14-17(27)5-7-25-19(14)26-20(28)13-3-4-13/h5-10,13,24H,2-4,11H2,1H3,(H,25,26,28). The molecule has 0 unspecified atom stereocenters. The first kappa shape index (κ1) is 19.9. The topological polar surface area (TPSA) is 76.0 Å². The molecule has 1 saturated carbocycles. The Kier molecular flexibility index (Phi) is 5.58. The number of nitrogens with one attached hydrogen (secondary N) is 2. The summed E-state index contributed by atoms with van der Waals surface area (Å²) in [6.07, 6.45) is 5.02. The molecule has 0 bridgehead atoms. The zero-order valence-corrected chi connectivity index (χ0v) is 17.3. The quantitative estimate of drug-likeness (QED) is 0.603. The van der Waals surface area contributed by atoms with E-state index in [1.54, 1.807) is 36.7 Å². The van der Waals surface area contributed by atoms with Gasteiger partial charge in [-0.05, 0) is 49.2 Å². The Balaban J connectivity index is 1.68. The number of halogens is 2. The summed E-state index contributed by atoms with van der Waals surface area (Å²) in [6, 6.07) is 6.97. The van der Waals surface area contributed by atoms with Crippen molar-refractivity contribution in [3.8, 4) is 0 Å². The molecular weight excluding hydrogens is 411 g/mol. The van der Waals surface area contributed by atoms with Gasteiger partial charge in [0.2, 0.25) is 5.91 Å². The third-order valence-corrected chi connectivity index (χ3v) is 5.52. The highest BCUT2D eigenvalue weighted by Gasteiger charge is 2.30. The molecule has 0 saturated heterocycles. The number of rotatable bonds is 6. The van der Waals surface area contributed by atoms with E-state index in [0.717, 1.165) is 24.9 Å². The zero-order valence-electron chi connectivity index (χ0n) is 15.8. The third kappa shape index (κ3) is 4.01. The zero-order chi connectivity index (χ0) is 20.5. The van der Waals surface area contributed by atoms with Crippen molar-refractivity contribution >= 4 is 51.7 Å². The highest BCUT2D eigenvalue weighted by atomic mass is 35.5. The van der Waals surface area contributed by atoms with E-state index < -0.39 is 0 Å². The summed E-state index contributed by atoms with van der Waals surface area (Å²) in [6.45, 7) is 3.44. The minimum atomic E-state index is -0.337. The lowest BCUT2D eigenvalue weighted by molar-refractivity contribution is -0.117. The number of amides is 1. The molecule has 2 aromatic heterocycles. The number of carbonyl (C=O) groups excluding carboxylic acids is 2. The van der Waals surface area contributed by atoms with Gasteiger partial charge < -0.3 is 10.6 Å². The van der Waals surface area contributed by atoms with E-state index in [4.69, 9.17) is 23.2 Å². The van der Waals surface area contributed by atoms with E-state index in [1.807, 2.05) is 6.92 Å². The predicted octanol–water partition coefficient (Wildman–Crippen LogP) is 4.49. The average molecular weight is 431 g/mol. The molecule has 1 amide bonds. The molecule has 1 fully saturated rings. The van der Waals surface area contributed by atoms with Gasteiger partial charge in [-0.25, -0.2) is 4.98 Å².